The van der Waals surface area contributed by atoms with Gasteiger partial charge in [0.15, 0.2) is 4.90 Å². The summed E-state index contributed by atoms with van der Waals surface area (Å²) in [6.45, 7) is 6.35. The number of nitrogens with zero attached hydrogens (tertiary/aromatic N) is 2. The Kier molecular flexibility index (Phi) is 9.81. The lowest BCUT2D eigenvalue weighted by Gasteiger charge is -2.34. The third kappa shape index (κ3) is 8.38. The van der Waals surface area contributed by atoms with E-state index in [9.17, 15) is 9.35 Å². The van der Waals surface area contributed by atoms with E-state index in [-0.39, 0.29) is 6.42 Å². The summed E-state index contributed by atoms with van der Waals surface area (Å²) in [5.41, 5.74) is 3.40. The van der Waals surface area contributed by atoms with Crippen molar-refractivity contribution in [2.45, 2.75) is 30.9 Å². The summed E-state index contributed by atoms with van der Waals surface area (Å²) in [6, 6.07) is 25.9. The van der Waals surface area contributed by atoms with E-state index in [0.29, 0.717) is 18.8 Å². The fourth-order valence-corrected chi connectivity index (χ4v) is 5.36. The lowest BCUT2D eigenvalue weighted by molar-refractivity contribution is -0.136. The number of ether oxygens (including phenoxy) is 1. The molecule has 1 heterocycles. The average molecular weight is 507 g/mol. The standard InChI is InChI=1S/C29H34N2O4S/c32-29(33)15-12-24-10-13-27(14-11-24)35-23-26-8-6-25(7-9-26)22-31-18-16-30(17-19-31)20-21-36(34)28-4-2-1-3-5-28/h1-11,13-14H,12,15-23H2,(H,32,33). The van der Waals surface area contributed by atoms with Crippen molar-refractivity contribution >= 4 is 17.1 Å². The van der Waals surface area contributed by atoms with Crippen LogP contribution in [0.25, 0.3) is 0 Å². The Morgan fingerprint density at radius 1 is 0.833 bits per heavy atom. The molecule has 1 N–H and O–H groups in total. The zero-order chi connectivity index (χ0) is 25.2. The third-order valence-electron chi connectivity index (χ3n) is 6.45. The fraction of sp³-hybridized carbons (Fsp3) is 0.345. The second-order valence-corrected chi connectivity index (χ2v) is 10.7. The van der Waals surface area contributed by atoms with Gasteiger partial charge in [0.25, 0.3) is 0 Å². The number of piperazine rings is 1. The first kappa shape index (κ1) is 26.2. The summed E-state index contributed by atoms with van der Waals surface area (Å²) in [7, 11) is 0. The van der Waals surface area contributed by atoms with Crippen LogP contribution in [0.4, 0.5) is 0 Å². The molecule has 190 valence electrons. The van der Waals surface area contributed by atoms with Gasteiger partial charge in [-0.3, -0.25) is 14.6 Å². The van der Waals surface area contributed by atoms with Crippen LogP contribution in [0, 0.1) is 0 Å². The smallest absolute Gasteiger partial charge is 0.303 e. The molecular formula is C29H34N2O4S. The molecule has 7 heteroatoms. The first-order valence-electron chi connectivity index (χ1n) is 12.4. The number of aryl methyl sites for hydroxylation is 1. The molecule has 0 radical (unpaired) electrons. The van der Waals surface area contributed by atoms with Crippen molar-refractivity contribution in [1.29, 1.82) is 0 Å². The van der Waals surface area contributed by atoms with Crippen LogP contribution in [-0.2, 0) is 35.5 Å². The maximum atomic E-state index is 12.5. The van der Waals surface area contributed by atoms with Gasteiger partial charge in [-0.25, -0.2) is 0 Å². The zero-order valence-electron chi connectivity index (χ0n) is 20.6. The van der Waals surface area contributed by atoms with Gasteiger partial charge in [0.05, 0.1) is 0 Å². The van der Waals surface area contributed by atoms with Crippen molar-refractivity contribution in [3.05, 3.63) is 95.6 Å². The predicted octanol–water partition coefficient (Wildman–Crippen LogP) is 4.21. The Morgan fingerprint density at radius 2 is 1.44 bits per heavy atom. The molecular weight excluding hydrogens is 472 g/mol. The maximum absolute atomic E-state index is 12.5. The van der Waals surface area contributed by atoms with Gasteiger partial charge in [-0.1, -0.05) is 54.6 Å². The molecule has 0 aromatic heterocycles. The Balaban J connectivity index is 1.15. The quantitative estimate of drug-likeness (QED) is 0.371. The Labute approximate surface area is 216 Å². The topological polar surface area (TPSA) is 76.1 Å². The molecule has 3 aromatic rings. The van der Waals surface area contributed by atoms with Crippen molar-refractivity contribution in [3.8, 4) is 5.75 Å². The Morgan fingerprint density at radius 3 is 2.11 bits per heavy atom. The van der Waals surface area contributed by atoms with Crippen LogP contribution in [0.5, 0.6) is 5.75 Å². The minimum atomic E-state index is -0.931. The normalized spacial score (nSPS) is 15.5. The van der Waals surface area contributed by atoms with E-state index >= 15 is 0 Å². The zero-order valence-corrected chi connectivity index (χ0v) is 21.4. The molecule has 1 aliphatic rings. The second-order valence-electron chi connectivity index (χ2n) is 9.12. The monoisotopic (exact) mass is 506 g/mol. The number of hydrogen-bond acceptors (Lipinski definition) is 5. The van der Waals surface area contributed by atoms with E-state index in [1.165, 1.54) is 5.56 Å². The predicted molar refractivity (Wildman–Crippen MR) is 143 cm³/mol. The molecule has 4 rings (SSSR count). The second kappa shape index (κ2) is 13.5. The van der Waals surface area contributed by atoms with Gasteiger partial charge in [0.2, 0.25) is 0 Å². The van der Waals surface area contributed by atoms with Crippen molar-refractivity contribution in [2.75, 3.05) is 38.5 Å². The minimum absolute atomic E-state index is 0.138. The molecule has 0 spiro atoms. The fourth-order valence-electron chi connectivity index (χ4n) is 4.24. The summed E-state index contributed by atoms with van der Waals surface area (Å²) < 4.78 is 18.3. The highest BCUT2D eigenvalue weighted by Gasteiger charge is 2.19. The minimum Gasteiger partial charge on any atom is -0.611 e. The number of hydrogen-bond donors (Lipinski definition) is 1. The third-order valence-corrected chi connectivity index (χ3v) is 7.80. The molecule has 1 fully saturated rings. The van der Waals surface area contributed by atoms with E-state index < -0.39 is 17.1 Å². The molecule has 0 saturated carbocycles. The van der Waals surface area contributed by atoms with Gasteiger partial charge < -0.3 is 14.4 Å². The summed E-state index contributed by atoms with van der Waals surface area (Å²) in [5, 5.41) is 8.79. The molecule has 0 amide bonds. The molecule has 0 bridgehead atoms. The molecule has 1 saturated heterocycles. The summed E-state index contributed by atoms with van der Waals surface area (Å²) >= 11 is -0.931. The van der Waals surface area contributed by atoms with Crippen LogP contribution in [0.3, 0.4) is 0 Å². The lowest BCUT2D eigenvalue weighted by atomic mass is 10.1. The average Bonchev–Trinajstić information content (AvgIpc) is 2.92. The van der Waals surface area contributed by atoms with Gasteiger partial charge in [-0.2, -0.15) is 0 Å². The van der Waals surface area contributed by atoms with Crippen molar-refractivity contribution in [3.63, 3.8) is 0 Å². The van der Waals surface area contributed by atoms with Crippen molar-refractivity contribution in [2.24, 2.45) is 0 Å². The number of carboxylic acid groups (broad SMARTS) is 1. The van der Waals surface area contributed by atoms with Gasteiger partial charge >= 0.3 is 5.97 Å². The highest BCUT2D eigenvalue weighted by Crippen LogP contribution is 2.17. The van der Waals surface area contributed by atoms with Gasteiger partial charge in [0, 0.05) is 45.7 Å². The highest BCUT2D eigenvalue weighted by molar-refractivity contribution is 7.91. The van der Waals surface area contributed by atoms with Crippen LogP contribution in [0.2, 0.25) is 0 Å². The molecule has 3 aromatic carbocycles. The first-order valence-corrected chi connectivity index (χ1v) is 13.8. The van der Waals surface area contributed by atoms with E-state index in [1.54, 1.807) is 0 Å². The van der Waals surface area contributed by atoms with E-state index in [4.69, 9.17) is 9.84 Å². The van der Waals surface area contributed by atoms with Crippen LogP contribution in [-0.4, -0.2) is 63.9 Å². The van der Waals surface area contributed by atoms with Crippen LogP contribution >= 0.6 is 0 Å². The van der Waals surface area contributed by atoms with E-state index in [1.807, 2.05) is 54.6 Å². The molecule has 0 aliphatic carbocycles. The Hall–Kier alpha value is -2.84. The lowest BCUT2D eigenvalue weighted by Crippen LogP contribution is -2.47. The summed E-state index contributed by atoms with van der Waals surface area (Å²) in [4.78, 5) is 16.5. The largest absolute Gasteiger partial charge is 0.611 e. The van der Waals surface area contributed by atoms with Crippen LogP contribution in [0.1, 0.15) is 23.1 Å². The molecule has 36 heavy (non-hydrogen) atoms. The molecule has 1 aliphatic heterocycles. The van der Waals surface area contributed by atoms with Crippen LogP contribution < -0.4 is 4.74 Å². The number of carbonyl (C=O) groups is 1. The number of benzene rings is 3. The molecule has 6 nitrogen and oxygen atoms in total. The highest BCUT2D eigenvalue weighted by atomic mass is 32.2. The van der Waals surface area contributed by atoms with Crippen LogP contribution in [0.15, 0.2) is 83.8 Å². The van der Waals surface area contributed by atoms with Gasteiger partial charge in [-0.05, 0) is 58.6 Å². The maximum Gasteiger partial charge on any atom is 0.303 e. The number of rotatable bonds is 12. The molecule has 1 atom stereocenters. The SMILES string of the molecule is O=C(O)CCc1ccc(OCc2ccc(CN3CCN(CC[S+]([O-])c4ccccc4)CC3)cc2)cc1. The van der Waals surface area contributed by atoms with Gasteiger partial charge in [-0.15, -0.1) is 0 Å². The van der Waals surface area contributed by atoms with Gasteiger partial charge in [0.1, 0.15) is 18.1 Å². The molecule has 1 unspecified atom stereocenters. The van der Waals surface area contributed by atoms with Crippen molar-refractivity contribution < 1.29 is 19.2 Å². The van der Waals surface area contributed by atoms with E-state index in [2.05, 4.69) is 34.1 Å². The number of aliphatic carboxylic acids is 1. The Bertz CT molecular complexity index is 1070. The summed E-state index contributed by atoms with van der Waals surface area (Å²) in [6.07, 6.45) is 0.667. The first-order chi connectivity index (χ1) is 17.5. The van der Waals surface area contributed by atoms with E-state index in [0.717, 1.165) is 61.0 Å². The summed E-state index contributed by atoms with van der Waals surface area (Å²) in [5.74, 6) is 0.681. The van der Waals surface area contributed by atoms with Crippen molar-refractivity contribution in [1.82, 2.24) is 9.80 Å². The number of carboxylic acids is 1.